The normalized spacial score (nSPS) is 14.6. The first kappa shape index (κ1) is 10.9. The summed E-state index contributed by atoms with van der Waals surface area (Å²) in [5.74, 6) is 0. The Morgan fingerprint density at radius 3 is 2.42 bits per heavy atom. The fourth-order valence-corrected chi connectivity index (χ4v) is 0.604. The first-order chi connectivity index (χ1) is 5.65. The highest BCUT2D eigenvalue weighted by Crippen LogP contribution is 1.94. The molecule has 0 aliphatic heterocycles. The van der Waals surface area contributed by atoms with Crippen molar-refractivity contribution in [3.05, 3.63) is 0 Å². The second-order valence-corrected chi connectivity index (χ2v) is 2.24. The van der Waals surface area contributed by atoms with Crippen molar-refractivity contribution >= 4 is 12.4 Å². The van der Waals surface area contributed by atoms with Crippen molar-refractivity contribution in [1.82, 2.24) is 5.32 Å². The third-order valence-corrected chi connectivity index (χ3v) is 1.49. The van der Waals surface area contributed by atoms with Crippen LogP contribution in [0.5, 0.6) is 0 Å². The van der Waals surface area contributed by atoms with Crippen LogP contribution in [0.1, 0.15) is 6.92 Å². The van der Waals surface area contributed by atoms with E-state index >= 15 is 0 Å². The van der Waals surface area contributed by atoms with Crippen molar-refractivity contribution in [2.45, 2.75) is 19.1 Å². The monoisotopic (exact) mass is 175 g/mol. The predicted octanol–water partition coefficient (Wildman–Crippen LogP) is -0.0552. The first-order valence-corrected chi connectivity index (χ1v) is 3.48. The topological polar surface area (TPSA) is 64.6 Å². The molecule has 2 atom stereocenters. The molecule has 0 aromatic heterocycles. The Bertz CT molecular complexity index is 159. The summed E-state index contributed by atoms with van der Waals surface area (Å²) in [6.07, 6.45) is -0.400. The van der Waals surface area contributed by atoms with E-state index in [2.05, 4.69) is 10.1 Å². The number of methoxy groups -OCH3 is 2. The lowest BCUT2D eigenvalue weighted by Crippen LogP contribution is -2.43. The summed E-state index contributed by atoms with van der Waals surface area (Å²) in [7, 11) is 2.69. The summed E-state index contributed by atoms with van der Waals surface area (Å²) in [5.41, 5.74) is 0. The molecule has 0 radical (unpaired) electrons. The average molecular weight is 175 g/mol. The van der Waals surface area contributed by atoms with Gasteiger partial charge < -0.3 is 19.6 Å². The van der Waals surface area contributed by atoms with Crippen molar-refractivity contribution in [2.75, 3.05) is 14.2 Å². The number of carbonyl (C=O) groups excluding carboxylic acids is 2. The molecule has 1 amide bonds. The van der Waals surface area contributed by atoms with Gasteiger partial charge in [0.1, 0.15) is 12.3 Å². The lowest BCUT2D eigenvalue weighted by atomic mass is 10.2. The number of aldehydes is 1. The Balaban J connectivity index is 3.98. The molecule has 5 nitrogen and oxygen atoms in total. The van der Waals surface area contributed by atoms with Gasteiger partial charge in [-0.25, -0.2) is 4.79 Å². The zero-order valence-corrected chi connectivity index (χ0v) is 7.37. The van der Waals surface area contributed by atoms with Crippen LogP contribution in [0.15, 0.2) is 0 Å². The molecule has 0 bridgehead atoms. The molecular formula is C7H13NO4. The van der Waals surface area contributed by atoms with Crippen LogP contribution in [0.3, 0.4) is 0 Å². The van der Waals surface area contributed by atoms with E-state index < -0.39 is 12.1 Å². The molecular weight excluding hydrogens is 162 g/mol. The third kappa shape index (κ3) is 3.34. The number of alkyl carbamates (subject to hydrolysis) is 1. The molecule has 0 saturated heterocycles. The summed E-state index contributed by atoms with van der Waals surface area (Å²) < 4.78 is 9.16. The molecule has 70 valence electrons. The van der Waals surface area contributed by atoms with E-state index in [-0.39, 0.29) is 6.10 Å². The van der Waals surface area contributed by atoms with Gasteiger partial charge >= 0.3 is 6.09 Å². The number of hydrogen-bond acceptors (Lipinski definition) is 4. The van der Waals surface area contributed by atoms with Crippen LogP contribution < -0.4 is 5.32 Å². The number of rotatable bonds is 4. The highest BCUT2D eigenvalue weighted by atomic mass is 16.5. The van der Waals surface area contributed by atoms with Crippen molar-refractivity contribution in [1.29, 1.82) is 0 Å². The summed E-state index contributed by atoms with van der Waals surface area (Å²) in [6.45, 7) is 1.68. The van der Waals surface area contributed by atoms with E-state index in [0.29, 0.717) is 6.29 Å². The predicted molar refractivity (Wildman–Crippen MR) is 41.9 cm³/mol. The minimum atomic E-state index is -0.664. The highest BCUT2D eigenvalue weighted by Gasteiger charge is 2.18. The Morgan fingerprint density at radius 1 is 1.50 bits per heavy atom. The fraction of sp³-hybridized carbons (Fsp3) is 0.714. The van der Waals surface area contributed by atoms with E-state index in [1.165, 1.54) is 14.2 Å². The van der Waals surface area contributed by atoms with Crippen LogP contribution in [-0.2, 0) is 14.3 Å². The van der Waals surface area contributed by atoms with Crippen LogP contribution in [0.2, 0.25) is 0 Å². The lowest BCUT2D eigenvalue weighted by molar-refractivity contribution is -0.112. The summed E-state index contributed by atoms with van der Waals surface area (Å²) in [5, 5.41) is 2.31. The lowest BCUT2D eigenvalue weighted by Gasteiger charge is -2.17. The number of nitrogens with one attached hydrogen (secondary N) is 1. The van der Waals surface area contributed by atoms with Crippen LogP contribution >= 0.6 is 0 Å². The summed E-state index contributed by atoms with van der Waals surface area (Å²) in [6, 6.07) is -0.664. The zero-order valence-electron chi connectivity index (χ0n) is 7.37. The van der Waals surface area contributed by atoms with Crippen LogP contribution in [0.4, 0.5) is 4.79 Å². The molecule has 0 aromatic carbocycles. The van der Waals surface area contributed by atoms with Gasteiger partial charge in [0.2, 0.25) is 0 Å². The molecule has 0 spiro atoms. The SMILES string of the molecule is COC(=O)N[C@H](C=O)C(C)OC. The summed E-state index contributed by atoms with van der Waals surface area (Å²) >= 11 is 0. The van der Waals surface area contributed by atoms with Gasteiger partial charge in [0.05, 0.1) is 13.2 Å². The highest BCUT2D eigenvalue weighted by molar-refractivity contribution is 5.73. The van der Waals surface area contributed by atoms with E-state index in [1.54, 1.807) is 6.92 Å². The van der Waals surface area contributed by atoms with E-state index in [9.17, 15) is 9.59 Å². The first-order valence-electron chi connectivity index (χ1n) is 3.48. The maximum Gasteiger partial charge on any atom is 0.407 e. The van der Waals surface area contributed by atoms with Crippen LogP contribution in [0, 0.1) is 0 Å². The van der Waals surface area contributed by atoms with Crippen molar-refractivity contribution in [3.63, 3.8) is 0 Å². The second kappa shape index (κ2) is 5.54. The van der Waals surface area contributed by atoms with Gasteiger partial charge in [0, 0.05) is 7.11 Å². The standard InChI is InChI=1S/C7H13NO4/c1-5(11-2)6(4-9)8-7(10)12-3/h4-6H,1-3H3,(H,8,10)/t5?,6-/m1/s1. The number of carbonyl (C=O) groups is 2. The zero-order chi connectivity index (χ0) is 9.56. The molecule has 0 aliphatic carbocycles. The molecule has 0 aromatic rings. The van der Waals surface area contributed by atoms with Gasteiger partial charge in [0.25, 0.3) is 0 Å². The molecule has 0 fully saturated rings. The third-order valence-electron chi connectivity index (χ3n) is 1.49. The van der Waals surface area contributed by atoms with Crippen molar-refractivity contribution in [3.8, 4) is 0 Å². The van der Waals surface area contributed by atoms with Gasteiger partial charge in [-0.3, -0.25) is 0 Å². The van der Waals surface area contributed by atoms with Crippen LogP contribution in [0.25, 0.3) is 0 Å². The largest absolute Gasteiger partial charge is 0.453 e. The number of hydrogen-bond donors (Lipinski definition) is 1. The molecule has 0 heterocycles. The fourth-order valence-electron chi connectivity index (χ4n) is 0.604. The van der Waals surface area contributed by atoms with Crippen molar-refractivity contribution < 1.29 is 19.1 Å². The Morgan fingerprint density at radius 2 is 2.08 bits per heavy atom. The van der Waals surface area contributed by atoms with Gasteiger partial charge in [-0.05, 0) is 6.92 Å². The van der Waals surface area contributed by atoms with Crippen molar-refractivity contribution in [2.24, 2.45) is 0 Å². The Kier molecular flexibility index (Phi) is 5.03. The minimum Gasteiger partial charge on any atom is -0.453 e. The molecule has 5 heteroatoms. The summed E-state index contributed by atoms with van der Waals surface area (Å²) in [4.78, 5) is 21.1. The van der Waals surface area contributed by atoms with E-state index in [4.69, 9.17) is 4.74 Å². The quantitative estimate of drug-likeness (QED) is 0.608. The molecule has 12 heavy (non-hydrogen) atoms. The van der Waals surface area contributed by atoms with Gasteiger partial charge in [-0.2, -0.15) is 0 Å². The molecule has 1 N–H and O–H groups in total. The average Bonchev–Trinajstić information content (AvgIpc) is 2.12. The maximum atomic E-state index is 10.7. The molecule has 1 unspecified atom stereocenters. The van der Waals surface area contributed by atoms with Crippen LogP contribution in [-0.4, -0.2) is 38.7 Å². The van der Waals surface area contributed by atoms with E-state index in [1.807, 2.05) is 0 Å². The van der Waals surface area contributed by atoms with Gasteiger partial charge in [-0.15, -0.1) is 0 Å². The maximum absolute atomic E-state index is 10.7. The molecule has 0 rings (SSSR count). The van der Waals surface area contributed by atoms with Gasteiger partial charge in [0.15, 0.2) is 0 Å². The molecule has 0 saturated carbocycles. The minimum absolute atomic E-state index is 0.360. The number of ether oxygens (including phenoxy) is 2. The number of amides is 1. The Hall–Kier alpha value is -1.10. The molecule has 0 aliphatic rings. The Labute approximate surface area is 71.0 Å². The van der Waals surface area contributed by atoms with E-state index in [0.717, 1.165) is 0 Å². The second-order valence-electron chi connectivity index (χ2n) is 2.24. The van der Waals surface area contributed by atoms with Gasteiger partial charge in [-0.1, -0.05) is 0 Å². The smallest absolute Gasteiger partial charge is 0.407 e.